The standard InChI is InChI=1S/C22H23N3O3S2/c1-3-11-25-21(27)19-16-5-4-6-17(16)30-20(19)24-22(25)29-13-18(26)23-12-14-7-9-15(28-2)10-8-14/h3,7-10H,1,4-6,11-13H2,2H3,(H,23,26). The van der Waals surface area contributed by atoms with Gasteiger partial charge in [-0.05, 0) is 42.5 Å². The summed E-state index contributed by atoms with van der Waals surface area (Å²) in [5.74, 6) is 0.863. The number of methoxy groups -OCH3 is 1. The Bertz CT molecular complexity index is 1150. The normalized spacial score (nSPS) is 12.7. The van der Waals surface area contributed by atoms with Gasteiger partial charge in [0.1, 0.15) is 10.6 Å². The Morgan fingerprint density at radius 1 is 1.37 bits per heavy atom. The quantitative estimate of drug-likeness (QED) is 0.329. The molecule has 1 N–H and O–H groups in total. The molecule has 0 saturated carbocycles. The summed E-state index contributed by atoms with van der Waals surface area (Å²) in [4.78, 5) is 32.3. The Kier molecular flexibility index (Phi) is 6.24. The number of carbonyl (C=O) groups excluding carboxylic acids is 1. The number of allylic oxidation sites excluding steroid dienone is 1. The average Bonchev–Trinajstić information content (AvgIpc) is 3.34. The number of thioether (sulfide) groups is 1. The first kappa shape index (κ1) is 20.7. The van der Waals surface area contributed by atoms with Crippen LogP contribution in [0.1, 0.15) is 22.4 Å². The molecule has 4 rings (SSSR count). The lowest BCUT2D eigenvalue weighted by molar-refractivity contribution is -0.118. The van der Waals surface area contributed by atoms with E-state index in [4.69, 9.17) is 9.72 Å². The summed E-state index contributed by atoms with van der Waals surface area (Å²) >= 11 is 2.90. The minimum Gasteiger partial charge on any atom is -0.497 e. The van der Waals surface area contributed by atoms with Crippen molar-refractivity contribution in [2.24, 2.45) is 0 Å². The van der Waals surface area contributed by atoms with E-state index in [9.17, 15) is 9.59 Å². The molecule has 0 radical (unpaired) electrons. The Hall–Kier alpha value is -2.58. The maximum absolute atomic E-state index is 13.1. The van der Waals surface area contributed by atoms with Gasteiger partial charge in [0, 0.05) is 18.0 Å². The van der Waals surface area contributed by atoms with Gasteiger partial charge in [0.25, 0.3) is 5.56 Å². The van der Waals surface area contributed by atoms with Crippen LogP contribution in [0.5, 0.6) is 5.75 Å². The third-order valence-electron chi connectivity index (χ3n) is 5.08. The lowest BCUT2D eigenvalue weighted by Crippen LogP contribution is -2.26. The fraction of sp³-hybridized carbons (Fsp3) is 0.318. The van der Waals surface area contributed by atoms with E-state index in [1.807, 2.05) is 24.3 Å². The van der Waals surface area contributed by atoms with Gasteiger partial charge >= 0.3 is 0 Å². The van der Waals surface area contributed by atoms with Crippen LogP contribution in [0, 0.1) is 0 Å². The number of ether oxygens (including phenoxy) is 1. The molecule has 8 heteroatoms. The van der Waals surface area contributed by atoms with Crippen LogP contribution < -0.4 is 15.6 Å². The summed E-state index contributed by atoms with van der Waals surface area (Å²) in [7, 11) is 1.62. The number of rotatable bonds is 8. The first-order chi connectivity index (χ1) is 14.6. The van der Waals surface area contributed by atoms with E-state index in [0.717, 1.165) is 40.8 Å². The monoisotopic (exact) mass is 441 g/mol. The van der Waals surface area contributed by atoms with Crippen molar-refractivity contribution in [2.45, 2.75) is 37.5 Å². The first-order valence-electron chi connectivity index (χ1n) is 9.79. The third kappa shape index (κ3) is 4.15. The molecule has 0 bridgehead atoms. The van der Waals surface area contributed by atoms with Crippen molar-refractivity contribution in [1.29, 1.82) is 0 Å². The zero-order chi connectivity index (χ0) is 21.1. The molecule has 0 saturated heterocycles. The Morgan fingerprint density at radius 2 is 2.17 bits per heavy atom. The smallest absolute Gasteiger partial charge is 0.263 e. The van der Waals surface area contributed by atoms with Crippen molar-refractivity contribution in [2.75, 3.05) is 12.9 Å². The molecule has 30 heavy (non-hydrogen) atoms. The molecule has 2 aromatic heterocycles. The molecule has 0 atom stereocenters. The summed E-state index contributed by atoms with van der Waals surface area (Å²) in [6.07, 6.45) is 4.76. The van der Waals surface area contributed by atoms with E-state index in [-0.39, 0.29) is 17.2 Å². The minimum atomic E-state index is -0.107. The highest BCUT2D eigenvalue weighted by Gasteiger charge is 2.23. The van der Waals surface area contributed by atoms with Gasteiger partial charge in [0.15, 0.2) is 5.16 Å². The molecule has 0 unspecified atom stereocenters. The molecule has 156 valence electrons. The van der Waals surface area contributed by atoms with Crippen LogP contribution in [0.4, 0.5) is 0 Å². The largest absolute Gasteiger partial charge is 0.497 e. The van der Waals surface area contributed by atoms with Gasteiger partial charge in [-0.1, -0.05) is 30.0 Å². The van der Waals surface area contributed by atoms with Gasteiger partial charge in [-0.15, -0.1) is 17.9 Å². The second-order valence-electron chi connectivity index (χ2n) is 7.05. The maximum atomic E-state index is 13.1. The zero-order valence-electron chi connectivity index (χ0n) is 16.8. The number of aryl methyl sites for hydroxylation is 2. The molecule has 1 aliphatic carbocycles. The van der Waals surface area contributed by atoms with Crippen molar-refractivity contribution in [3.63, 3.8) is 0 Å². The molecular weight excluding hydrogens is 418 g/mol. The van der Waals surface area contributed by atoms with E-state index < -0.39 is 0 Å². The number of benzene rings is 1. The number of hydrogen-bond donors (Lipinski definition) is 1. The molecule has 6 nitrogen and oxygen atoms in total. The van der Waals surface area contributed by atoms with Gasteiger partial charge < -0.3 is 10.1 Å². The van der Waals surface area contributed by atoms with Gasteiger partial charge in [-0.3, -0.25) is 14.2 Å². The van der Waals surface area contributed by atoms with E-state index in [1.54, 1.807) is 29.1 Å². The number of nitrogens with zero attached hydrogens (tertiary/aromatic N) is 2. The second-order valence-corrected chi connectivity index (χ2v) is 9.08. The van der Waals surface area contributed by atoms with Crippen LogP contribution in [0.3, 0.4) is 0 Å². The van der Waals surface area contributed by atoms with Crippen LogP contribution >= 0.6 is 23.1 Å². The van der Waals surface area contributed by atoms with E-state index in [2.05, 4.69) is 11.9 Å². The van der Waals surface area contributed by atoms with Crippen LogP contribution in [-0.4, -0.2) is 28.3 Å². The number of fused-ring (bicyclic) bond motifs is 3. The highest BCUT2D eigenvalue weighted by molar-refractivity contribution is 7.99. The highest BCUT2D eigenvalue weighted by Crippen LogP contribution is 2.35. The fourth-order valence-electron chi connectivity index (χ4n) is 3.58. The number of carbonyl (C=O) groups is 1. The predicted molar refractivity (Wildman–Crippen MR) is 122 cm³/mol. The number of amides is 1. The van der Waals surface area contributed by atoms with Crippen LogP contribution in [-0.2, 0) is 30.7 Å². The van der Waals surface area contributed by atoms with Crippen LogP contribution in [0.15, 0.2) is 46.9 Å². The molecule has 0 spiro atoms. The Labute approximate surface area is 183 Å². The lowest BCUT2D eigenvalue weighted by Gasteiger charge is -2.11. The van der Waals surface area contributed by atoms with E-state index in [0.29, 0.717) is 18.2 Å². The van der Waals surface area contributed by atoms with Crippen molar-refractivity contribution >= 4 is 39.2 Å². The van der Waals surface area contributed by atoms with Crippen molar-refractivity contribution in [1.82, 2.24) is 14.9 Å². The number of thiophene rings is 1. The Balaban J connectivity index is 1.47. The minimum absolute atomic E-state index is 0.0274. The highest BCUT2D eigenvalue weighted by atomic mass is 32.2. The average molecular weight is 442 g/mol. The number of nitrogens with one attached hydrogen (secondary N) is 1. The van der Waals surface area contributed by atoms with Crippen LogP contribution in [0.25, 0.3) is 10.2 Å². The fourth-order valence-corrected chi connectivity index (χ4v) is 5.72. The van der Waals surface area contributed by atoms with Gasteiger partial charge in [-0.25, -0.2) is 4.98 Å². The van der Waals surface area contributed by atoms with Gasteiger partial charge in [0.05, 0.1) is 18.2 Å². The SMILES string of the molecule is C=CCn1c(SCC(=O)NCc2ccc(OC)cc2)nc2sc3c(c2c1=O)CCC3. The van der Waals surface area contributed by atoms with E-state index >= 15 is 0 Å². The molecule has 0 aliphatic heterocycles. The first-order valence-corrected chi connectivity index (χ1v) is 11.6. The van der Waals surface area contributed by atoms with Gasteiger partial charge in [0.2, 0.25) is 5.91 Å². The van der Waals surface area contributed by atoms with Crippen molar-refractivity contribution < 1.29 is 9.53 Å². The summed E-state index contributed by atoms with van der Waals surface area (Å²) in [6, 6.07) is 7.56. The molecule has 1 aliphatic rings. The van der Waals surface area contributed by atoms with Crippen molar-refractivity contribution in [3.05, 3.63) is 63.3 Å². The zero-order valence-corrected chi connectivity index (χ0v) is 18.4. The van der Waals surface area contributed by atoms with Gasteiger partial charge in [-0.2, -0.15) is 0 Å². The summed E-state index contributed by atoms with van der Waals surface area (Å²) in [5, 5.41) is 4.22. The molecule has 1 amide bonds. The Morgan fingerprint density at radius 3 is 2.90 bits per heavy atom. The molecule has 0 fully saturated rings. The summed E-state index contributed by atoms with van der Waals surface area (Å²) in [6.45, 7) is 4.58. The molecular formula is C22H23N3O3S2. The maximum Gasteiger partial charge on any atom is 0.263 e. The topological polar surface area (TPSA) is 73.2 Å². The van der Waals surface area contributed by atoms with Crippen LogP contribution in [0.2, 0.25) is 0 Å². The molecule has 2 heterocycles. The summed E-state index contributed by atoms with van der Waals surface area (Å²) in [5.41, 5.74) is 2.13. The van der Waals surface area contributed by atoms with Crippen molar-refractivity contribution in [3.8, 4) is 5.75 Å². The predicted octanol–water partition coefficient (Wildman–Crippen LogP) is 3.55. The number of aromatic nitrogens is 2. The molecule has 3 aromatic rings. The summed E-state index contributed by atoms with van der Waals surface area (Å²) < 4.78 is 6.77. The number of hydrogen-bond acceptors (Lipinski definition) is 6. The van der Waals surface area contributed by atoms with E-state index in [1.165, 1.54) is 22.2 Å². The lowest BCUT2D eigenvalue weighted by atomic mass is 10.2. The molecule has 1 aromatic carbocycles. The second kappa shape index (κ2) is 9.06. The third-order valence-corrected chi connectivity index (χ3v) is 7.24.